The minimum Gasteiger partial charge on any atom is -0.491 e. The molecule has 2 rings (SSSR count). The molecule has 1 fully saturated rings. The van der Waals surface area contributed by atoms with Crippen molar-refractivity contribution >= 4 is 11.9 Å². The molecule has 31 heavy (non-hydrogen) atoms. The minimum atomic E-state index is -0.966. The van der Waals surface area contributed by atoms with Crippen LogP contribution in [0.5, 0.6) is 5.75 Å². The van der Waals surface area contributed by atoms with Gasteiger partial charge in [-0.3, -0.25) is 9.59 Å². The maximum atomic E-state index is 12.6. The van der Waals surface area contributed by atoms with Crippen molar-refractivity contribution in [3.63, 3.8) is 0 Å². The molecule has 3 unspecified atom stereocenters. The van der Waals surface area contributed by atoms with Crippen LogP contribution in [0.2, 0.25) is 0 Å². The van der Waals surface area contributed by atoms with Crippen LogP contribution in [0.1, 0.15) is 39.2 Å². The van der Waals surface area contributed by atoms with Crippen LogP contribution in [-0.4, -0.2) is 51.2 Å². The third-order valence-corrected chi connectivity index (χ3v) is 5.32. The molecule has 174 valence electrons. The lowest BCUT2D eigenvalue weighted by Crippen LogP contribution is -2.37. The Morgan fingerprint density at radius 1 is 1.19 bits per heavy atom. The van der Waals surface area contributed by atoms with Crippen LogP contribution < -0.4 is 10.5 Å². The summed E-state index contributed by atoms with van der Waals surface area (Å²) in [6.07, 6.45) is -0.176. The Hall–Kier alpha value is -2.16. The Kier molecular flexibility index (Phi) is 10.2. The number of esters is 2. The van der Waals surface area contributed by atoms with Gasteiger partial charge in [0.1, 0.15) is 12.4 Å². The minimum absolute atomic E-state index is 0.0469. The monoisotopic (exact) mass is 437 g/mol. The van der Waals surface area contributed by atoms with Crippen molar-refractivity contribution in [2.24, 2.45) is 23.5 Å². The van der Waals surface area contributed by atoms with Crippen LogP contribution in [0.15, 0.2) is 24.3 Å². The number of carbonyl (C=O) groups excluding carboxylic acids is 2. The van der Waals surface area contributed by atoms with Crippen molar-refractivity contribution < 1.29 is 33.3 Å². The number of methoxy groups -OCH3 is 1. The molecule has 2 N–H and O–H groups in total. The van der Waals surface area contributed by atoms with Gasteiger partial charge in [-0.1, -0.05) is 32.0 Å². The molecular formula is C23H35NO7. The highest BCUT2D eigenvalue weighted by Crippen LogP contribution is 2.25. The van der Waals surface area contributed by atoms with E-state index in [0.717, 1.165) is 11.3 Å². The zero-order chi connectivity index (χ0) is 22.8. The summed E-state index contributed by atoms with van der Waals surface area (Å²) in [7, 11) is 1.63. The molecule has 1 aliphatic heterocycles. The number of ether oxygens (including phenoxy) is 5. The second kappa shape index (κ2) is 12.6. The van der Waals surface area contributed by atoms with E-state index in [0.29, 0.717) is 32.7 Å². The highest BCUT2D eigenvalue weighted by molar-refractivity contribution is 5.74. The Bertz CT molecular complexity index is 709. The predicted octanol–water partition coefficient (Wildman–Crippen LogP) is 2.67. The molecule has 0 saturated carbocycles. The number of rotatable bonds is 11. The Labute approximate surface area is 184 Å². The summed E-state index contributed by atoms with van der Waals surface area (Å²) in [6.45, 7) is 6.73. The van der Waals surface area contributed by atoms with Crippen LogP contribution in [-0.2, 0) is 35.1 Å². The average molecular weight is 438 g/mol. The summed E-state index contributed by atoms with van der Waals surface area (Å²) in [6, 6.07) is 7.64. The summed E-state index contributed by atoms with van der Waals surface area (Å²) >= 11 is 0. The van der Waals surface area contributed by atoms with Gasteiger partial charge in [0.15, 0.2) is 0 Å². The lowest BCUT2D eigenvalue weighted by Gasteiger charge is -2.29. The third kappa shape index (κ3) is 7.79. The van der Waals surface area contributed by atoms with Gasteiger partial charge in [0.2, 0.25) is 6.29 Å². The van der Waals surface area contributed by atoms with E-state index in [-0.39, 0.29) is 24.5 Å². The molecule has 1 aromatic rings. The Morgan fingerprint density at radius 3 is 2.61 bits per heavy atom. The first-order chi connectivity index (χ1) is 14.8. The van der Waals surface area contributed by atoms with Crippen molar-refractivity contribution in [1.29, 1.82) is 0 Å². The molecular weight excluding hydrogens is 402 g/mol. The second-order valence-corrected chi connectivity index (χ2v) is 8.09. The van der Waals surface area contributed by atoms with E-state index in [1.165, 1.54) is 6.92 Å². The first-order valence-corrected chi connectivity index (χ1v) is 10.8. The molecule has 1 heterocycles. The van der Waals surface area contributed by atoms with Crippen LogP contribution in [0.4, 0.5) is 0 Å². The van der Waals surface area contributed by atoms with Crippen molar-refractivity contribution in [2.75, 3.05) is 26.9 Å². The van der Waals surface area contributed by atoms with Crippen LogP contribution >= 0.6 is 0 Å². The molecule has 0 aliphatic carbocycles. The first-order valence-electron chi connectivity index (χ1n) is 10.8. The van der Waals surface area contributed by atoms with Crippen molar-refractivity contribution in [2.45, 2.75) is 52.6 Å². The standard InChI is InChI=1S/C23H35NO7/c1-15(2)20(12-24)23(26)31-16(3)30-22(25)17-9-10-28-19(11-17)14-29-21-8-6-5-7-18(21)13-27-4/h5-8,15-17,19-20H,9-14,24H2,1-4H3/t16?,17?,19?,20-/m0/s1. The fraction of sp³-hybridized carbons (Fsp3) is 0.652. The highest BCUT2D eigenvalue weighted by Gasteiger charge is 2.32. The molecule has 0 spiro atoms. The SMILES string of the molecule is COCc1ccccc1OCC1CC(C(=O)OC(C)OC(=O)[C@@H](CN)C(C)C)CCO1. The molecule has 4 atom stereocenters. The molecule has 0 aromatic heterocycles. The summed E-state index contributed by atoms with van der Waals surface area (Å²) in [4.78, 5) is 24.8. The molecule has 0 bridgehead atoms. The number of para-hydroxylation sites is 1. The number of carbonyl (C=O) groups is 2. The number of benzene rings is 1. The van der Waals surface area contributed by atoms with Gasteiger partial charge >= 0.3 is 11.9 Å². The van der Waals surface area contributed by atoms with Gasteiger partial charge in [-0.15, -0.1) is 0 Å². The van der Waals surface area contributed by atoms with Crippen LogP contribution in [0.25, 0.3) is 0 Å². The molecule has 8 heteroatoms. The number of hydrogen-bond donors (Lipinski definition) is 1. The molecule has 1 saturated heterocycles. The maximum absolute atomic E-state index is 12.6. The fourth-order valence-electron chi connectivity index (χ4n) is 3.49. The second-order valence-electron chi connectivity index (χ2n) is 8.09. The van der Waals surface area contributed by atoms with Crippen LogP contribution in [0.3, 0.4) is 0 Å². The quantitative estimate of drug-likeness (QED) is 0.416. The van der Waals surface area contributed by atoms with E-state index in [2.05, 4.69) is 0 Å². The summed E-state index contributed by atoms with van der Waals surface area (Å²) < 4.78 is 27.5. The van der Waals surface area contributed by atoms with Gasteiger partial charge in [0, 0.05) is 32.7 Å². The van der Waals surface area contributed by atoms with E-state index in [1.807, 2.05) is 38.1 Å². The summed E-state index contributed by atoms with van der Waals surface area (Å²) in [5, 5.41) is 0. The smallest absolute Gasteiger partial charge is 0.313 e. The first kappa shape index (κ1) is 25.1. The largest absolute Gasteiger partial charge is 0.491 e. The molecule has 8 nitrogen and oxygen atoms in total. The van der Waals surface area contributed by atoms with E-state index >= 15 is 0 Å². The van der Waals surface area contributed by atoms with Crippen LogP contribution in [0, 0.1) is 17.8 Å². The van der Waals surface area contributed by atoms with Crippen molar-refractivity contribution in [3.8, 4) is 5.75 Å². The lowest BCUT2D eigenvalue weighted by molar-refractivity contribution is -0.193. The average Bonchev–Trinajstić information content (AvgIpc) is 2.73. The van der Waals surface area contributed by atoms with Gasteiger partial charge < -0.3 is 29.4 Å². The lowest BCUT2D eigenvalue weighted by atomic mass is 9.96. The van der Waals surface area contributed by atoms with Gasteiger partial charge in [0.05, 0.1) is 24.5 Å². The van der Waals surface area contributed by atoms with E-state index in [9.17, 15) is 9.59 Å². The van der Waals surface area contributed by atoms with E-state index in [1.54, 1.807) is 7.11 Å². The maximum Gasteiger partial charge on any atom is 0.313 e. The Balaban J connectivity index is 1.83. The molecule has 0 radical (unpaired) electrons. The van der Waals surface area contributed by atoms with E-state index < -0.39 is 24.1 Å². The molecule has 1 aromatic carbocycles. The third-order valence-electron chi connectivity index (χ3n) is 5.32. The topological polar surface area (TPSA) is 106 Å². The summed E-state index contributed by atoms with van der Waals surface area (Å²) in [5.41, 5.74) is 6.59. The Morgan fingerprint density at radius 2 is 1.94 bits per heavy atom. The van der Waals surface area contributed by atoms with E-state index in [4.69, 9.17) is 29.4 Å². The van der Waals surface area contributed by atoms with Gasteiger partial charge in [-0.2, -0.15) is 0 Å². The number of nitrogens with two attached hydrogens (primary N) is 1. The van der Waals surface area contributed by atoms with Crippen molar-refractivity contribution in [3.05, 3.63) is 29.8 Å². The normalized spacial score (nSPS) is 20.7. The fourth-order valence-corrected chi connectivity index (χ4v) is 3.49. The molecule has 1 aliphatic rings. The van der Waals surface area contributed by atoms with Gasteiger partial charge in [0.25, 0.3) is 0 Å². The summed E-state index contributed by atoms with van der Waals surface area (Å²) in [5.74, 6) is -0.837. The zero-order valence-electron chi connectivity index (χ0n) is 18.9. The van der Waals surface area contributed by atoms with Gasteiger partial charge in [-0.25, -0.2) is 0 Å². The predicted molar refractivity (Wildman–Crippen MR) is 114 cm³/mol. The molecule has 0 amide bonds. The van der Waals surface area contributed by atoms with Crippen molar-refractivity contribution in [1.82, 2.24) is 0 Å². The number of hydrogen-bond acceptors (Lipinski definition) is 8. The highest BCUT2D eigenvalue weighted by atomic mass is 16.7. The van der Waals surface area contributed by atoms with Gasteiger partial charge in [-0.05, 0) is 24.8 Å². The zero-order valence-corrected chi connectivity index (χ0v) is 18.9.